The number of amides is 2. The Morgan fingerprint density at radius 3 is 2.47 bits per heavy atom. The molecule has 1 N–H and O–H groups in total. The number of carbonyl (C=O) groups excluding carboxylic acids is 2. The number of carbonyl (C=O) groups is 2. The minimum atomic E-state index is -0.627. The molecule has 3 rings (SSSR count). The second kappa shape index (κ2) is 9.26. The summed E-state index contributed by atoms with van der Waals surface area (Å²) in [6, 6.07) is 14.6. The summed E-state index contributed by atoms with van der Waals surface area (Å²) < 4.78 is 24.9. The summed E-state index contributed by atoms with van der Waals surface area (Å²) in [5.41, 5.74) is 1.38. The lowest BCUT2D eigenvalue weighted by molar-refractivity contribution is -0.118. The minimum Gasteiger partial charge on any atom is -0.484 e. The summed E-state index contributed by atoms with van der Waals surface area (Å²) in [6.45, 7) is 3.78. The molecule has 30 heavy (non-hydrogen) atoms. The first-order chi connectivity index (χ1) is 14.3. The van der Waals surface area contributed by atoms with E-state index in [4.69, 9.17) is 9.15 Å². The van der Waals surface area contributed by atoms with E-state index in [-0.39, 0.29) is 24.4 Å². The summed E-state index contributed by atoms with van der Waals surface area (Å²) in [5, 5.41) is 2.56. The monoisotopic (exact) mass is 410 g/mol. The van der Waals surface area contributed by atoms with Crippen LogP contribution in [0.3, 0.4) is 0 Å². The highest BCUT2D eigenvalue weighted by Gasteiger charge is 2.16. The number of nitrogens with zero attached hydrogens (tertiary/aromatic N) is 1. The fourth-order valence-corrected chi connectivity index (χ4v) is 2.86. The third-order valence-electron chi connectivity index (χ3n) is 4.36. The first kappa shape index (κ1) is 21.1. The molecule has 0 aliphatic heterocycles. The lowest BCUT2D eigenvalue weighted by Gasteiger charge is -2.16. The van der Waals surface area contributed by atoms with E-state index in [2.05, 4.69) is 5.32 Å². The molecule has 1 heterocycles. The zero-order valence-electron chi connectivity index (χ0n) is 17.1. The Hall–Kier alpha value is -3.61. The highest BCUT2D eigenvalue weighted by Crippen LogP contribution is 2.18. The fraction of sp³-hybridized carbons (Fsp3) is 0.217. The molecule has 2 amide bonds. The molecule has 0 aliphatic carbocycles. The van der Waals surface area contributed by atoms with Gasteiger partial charge in [0.15, 0.2) is 6.61 Å². The van der Waals surface area contributed by atoms with Gasteiger partial charge in [-0.15, -0.1) is 0 Å². The highest BCUT2D eigenvalue weighted by atomic mass is 19.1. The lowest BCUT2D eigenvalue weighted by Crippen LogP contribution is -2.26. The Labute approximate surface area is 174 Å². The summed E-state index contributed by atoms with van der Waals surface area (Å²) >= 11 is 0. The zero-order valence-corrected chi connectivity index (χ0v) is 17.1. The quantitative estimate of drug-likeness (QED) is 0.630. The third kappa shape index (κ3) is 5.70. The van der Waals surface area contributed by atoms with Crippen LogP contribution < -0.4 is 10.1 Å². The highest BCUT2D eigenvalue weighted by molar-refractivity contribution is 5.97. The van der Waals surface area contributed by atoms with Crippen LogP contribution in [-0.4, -0.2) is 30.4 Å². The predicted molar refractivity (Wildman–Crippen MR) is 111 cm³/mol. The van der Waals surface area contributed by atoms with E-state index in [0.717, 1.165) is 23.5 Å². The van der Waals surface area contributed by atoms with Crippen molar-refractivity contribution >= 4 is 17.5 Å². The van der Waals surface area contributed by atoms with Gasteiger partial charge in [-0.25, -0.2) is 4.39 Å². The normalized spacial score (nSPS) is 10.5. The minimum absolute atomic E-state index is 0.121. The van der Waals surface area contributed by atoms with Crippen molar-refractivity contribution in [3.05, 3.63) is 83.1 Å². The summed E-state index contributed by atoms with van der Waals surface area (Å²) in [6.07, 6.45) is 0. The summed E-state index contributed by atoms with van der Waals surface area (Å²) in [5.74, 6) is 0.448. The SMILES string of the molecule is Cc1ccc(OCC(=O)Nc2cc(F)cc(C(=O)N(C)Cc3ccc(C)o3)c2)cc1. The Balaban J connectivity index is 1.62. The van der Waals surface area contributed by atoms with Crippen LogP contribution in [0.25, 0.3) is 0 Å². The van der Waals surface area contributed by atoms with Crippen LogP contribution in [0.1, 0.15) is 27.4 Å². The number of benzene rings is 2. The zero-order chi connectivity index (χ0) is 21.7. The van der Waals surface area contributed by atoms with E-state index in [0.29, 0.717) is 11.5 Å². The van der Waals surface area contributed by atoms with E-state index in [1.807, 2.05) is 32.0 Å². The molecule has 0 spiro atoms. The van der Waals surface area contributed by atoms with Gasteiger partial charge >= 0.3 is 0 Å². The maximum Gasteiger partial charge on any atom is 0.262 e. The number of hydrogen-bond donors (Lipinski definition) is 1. The van der Waals surface area contributed by atoms with Crippen LogP contribution in [0.5, 0.6) is 5.75 Å². The van der Waals surface area contributed by atoms with Crippen molar-refractivity contribution in [1.82, 2.24) is 4.90 Å². The number of rotatable bonds is 7. The van der Waals surface area contributed by atoms with Gasteiger partial charge in [-0.2, -0.15) is 0 Å². The Bertz CT molecular complexity index is 1040. The Kier molecular flexibility index (Phi) is 6.51. The molecule has 0 unspecified atom stereocenters. The Morgan fingerprint density at radius 2 is 1.80 bits per heavy atom. The lowest BCUT2D eigenvalue weighted by atomic mass is 10.1. The predicted octanol–water partition coefficient (Wildman–Crippen LogP) is 4.33. The molecule has 0 atom stereocenters. The van der Waals surface area contributed by atoms with E-state index >= 15 is 0 Å². The van der Waals surface area contributed by atoms with Crippen LogP contribution in [-0.2, 0) is 11.3 Å². The molecule has 0 saturated heterocycles. The Morgan fingerprint density at radius 1 is 1.07 bits per heavy atom. The second-order valence-corrected chi connectivity index (χ2v) is 7.05. The topological polar surface area (TPSA) is 71.8 Å². The van der Waals surface area contributed by atoms with Gasteiger partial charge < -0.3 is 19.4 Å². The average molecular weight is 410 g/mol. The standard InChI is InChI=1S/C23H23FN2O4/c1-15-4-7-20(8-5-15)29-14-22(27)25-19-11-17(10-18(24)12-19)23(28)26(3)13-21-9-6-16(2)30-21/h4-12H,13-14H2,1-3H3,(H,25,27). The number of nitrogens with one attached hydrogen (secondary N) is 1. The number of aryl methyl sites for hydroxylation is 2. The molecule has 0 radical (unpaired) electrons. The van der Waals surface area contributed by atoms with Gasteiger partial charge in [0.05, 0.1) is 6.54 Å². The maximum atomic E-state index is 14.0. The second-order valence-electron chi connectivity index (χ2n) is 7.05. The molecule has 0 saturated carbocycles. The van der Waals surface area contributed by atoms with Crippen molar-refractivity contribution in [1.29, 1.82) is 0 Å². The average Bonchev–Trinajstić information content (AvgIpc) is 3.11. The van der Waals surface area contributed by atoms with Crippen LogP contribution >= 0.6 is 0 Å². The third-order valence-corrected chi connectivity index (χ3v) is 4.36. The number of hydrogen-bond acceptors (Lipinski definition) is 4. The summed E-state index contributed by atoms with van der Waals surface area (Å²) in [4.78, 5) is 26.2. The molecule has 0 aliphatic rings. The fourth-order valence-electron chi connectivity index (χ4n) is 2.86. The largest absolute Gasteiger partial charge is 0.484 e. The smallest absolute Gasteiger partial charge is 0.262 e. The van der Waals surface area contributed by atoms with Gasteiger partial charge in [0.2, 0.25) is 0 Å². The van der Waals surface area contributed by atoms with Crippen molar-refractivity contribution in [2.24, 2.45) is 0 Å². The van der Waals surface area contributed by atoms with Gasteiger partial charge in [-0.3, -0.25) is 9.59 Å². The molecule has 2 aromatic carbocycles. The number of halogens is 1. The van der Waals surface area contributed by atoms with E-state index < -0.39 is 17.6 Å². The van der Waals surface area contributed by atoms with Gasteiger partial charge in [0, 0.05) is 18.3 Å². The van der Waals surface area contributed by atoms with Crippen molar-refractivity contribution in [3.8, 4) is 5.75 Å². The molecule has 3 aromatic rings. The van der Waals surface area contributed by atoms with Crippen LogP contribution in [0.2, 0.25) is 0 Å². The first-order valence-electron chi connectivity index (χ1n) is 9.41. The molecular formula is C23H23FN2O4. The van der Waals surface area contributed by atoms with Crippen molar-refractivity contribution < 1.29 is 23.1 Å². The molecular weight excluding hydrogens is 387 g/mol. The van der Waals surface area contributed by atoms with Crippen LogP contribution in [0, 0.1) is 19.7 Å². The van der Waals surface area contributed by atoms with Crippen molar-refractivity contribution in [2.75, 3.05) is 19.0 Å². The molecule has 1 aromatic heterocycles. The van der Waals surface area contributed by atoms with Gasteiger partial charge in [0.1, 0.15) is 23.1 Å². The van der Waals surface area contributed by atoms with Gasteiger partial charge in [-0.1, -0.05) is 17.7 Å². The molecule has 156 valence electrons. The molecule has 0 fully saturated rings. The van der Waals surface area contributed by atoms with E-state index in [9.17, 15) is 14.0 Å². The number of anilines is 1. The molecule has 0 bridgehead atoms. The van der Waals surface area contributed by atoms with Gasteiger partial charge in [0.25, 0.3) is 11.8 Å². The summed E-state index contributed by atoms with van der Waals surface area (Å²) in [7, 11) is 1.60. The van der Waals surface area contributed by atoms with Crippen molar-refractivity contribution in [2.45, 2.75) is 20.4 Å². The molecule has 6 nitrogen and oxygen atoms in total. The van der Waals surface area contributed by atoms with E-state index in [1.54, 1.807) is 25.2 Å². The van der Waals surface area contributed by atoms with Crippen LogP contribution in [0.15, 0.2) is 59.0 Å². The number of ether oxygens (including phenoxy) is 1. The van der Waals surface area contributed by atoms with Crippen molar-refractivity contribution in [3.63, 3.8) is 0 Å². The van der Waals surface area contributed by atoms with E-state index in [1.165, 1.54) is 11.0 Å². The maximum absolute atomic E-state index is 14.0. The first-order valence-corrected chi connectivity index (χ1v) is 9.41. The van der Waals surface area contributed by atoms with Crippen LogP contribution in [0.4, 0.5) is 10.1 Å². The van der Waals surface area contributed by atoms with Gasteiger partial charge in [-0.05, 0) is 56.3 Å². The molecule has 7 heteroatoms. The number of furan rings is 1.